The van der Waals surface area contributed by atoms with Crippen molar-refractivity contribution in [3.05, 3.63) is 35.4 Å². The number of fused-ring (bicyclic) bond motifs is 1. The highest BCUT2D eigenvalue weighted by molar-refractivity contribution is 6.21. The first-order valence-corrected chi connectivity index (χ1v) is 8.37. The van der Waals surface area contributed by atoms with Crippen molar-refractivity contribution in [2.45, 2.75) is 32.2 Å². The Balaban J connectivity index is 1.64. The molecule has 0 aromatic heterocycles. The van der Waals surface area contributed by atoms with Crippen LogP contribution in [0, 0.1) is 5.92 Å². The zero-order valence-corrected chi connectivity index (χ0v) is 14.0. The number of carboxylic acid groups (broad SMARTS) is 1. The van der Waals surface area contributed by atoms with Gasteiger partial charge >= 0.3 is 5.97 Å². The van der Waals surface area contributed by atoms with E-state index in [1.54, 1.807) is 29.2 Å². The van der Waals surface area contributed by atoms with Gasteiger partial charge in [0.05, 0.1) is 17.0 Å². The first kappa shape index (κ1) is 17.1. The molecule has 7 nitrogen and oxygen atoms in total. The second-order valence-electron chi connectivity index (χ2n) is 6.57. The lowest BCUT2D eigenvalue weighted by molar-refractivity contribution is -0.147. The fourth-order valence-electron chi connectivity index (χ4n) is 3.45. The van der Waals surface area contributed by atoms with Gasteiger partial charge in [0.25, 0.3) is 11.8 Å². The summed E-state index contributed by atoms with van der Waals surface area (Å²) in [5, 5.41) is 9.16. The van der Waals surface area contributed by atoms with E-state index in [0.29, 0.717) is 24.0 Å². The molecular formula is C18H20N2O5. The molecule has 0 aliphatic carbocycles. The molecule has 2 unspecified atom stereocenters. The zero-order chi connectivity index (χ0) is 18.1. The van der Waals surface area contributed by atoms with Crippen molar-refractivity contribution in [3.8, 4) is 0 Å². The third-order valence-corrected chi connectivity index (χ3v) is 4.98. The predicted octanol–water partition coefficient (Wildman–Crippen LogP) is 1.38. The number of amides is 3. The molecule has 25 heavy (non-hydrogen) atoms. The second kappa shape index (κ2) is 6.66. The minimum absolute atomic E-state index is 0.00213. The van der Waals surface area contributed by atoms with E-state index in [4.69, 9.17) is 5.11 Å². The minimum Gasteiger partial charge on any atom is -0.481 e. The van der Waals surface area contributed by atoms with Crippen molar-refractivity contribution in [1.82, 2.24) is 9.80 Å². The summed E-state index contributed by atoms with van der Waals surface area (Å²) >= 11 is 0. The predicted molar refractivity (Wildman–Crippen MR) is 88.0 cm³/mol. The van der Waals surface area contributed by atoms with Crippen LogP contribution in [-0.4, -0.2) is 57.7 Å². The number of rotatable bonds is 4. The molecule has 1 N–H and O–H groups in total. The average molecular weight is 344 g/mol. The van der Waals surface area contributed by atoms with Gasteiger partial charge in [-0.05, 0) is 31.9 Å². The zero-order valence-electron chi connectivity index (χ0n) is 14.0. The molecule has 0 saturated carbocycles. The van der Waals surface area contributed by atoms with Crippen LogP contribution in [0.25, 0.3) is 0 Å². The summed E-state index contributed by atoms with van der Waals surface area (Å²) in [6.45, 7) is 2.07. The van der Waals surface area contributed by atoms with E-state index in [9.17, 15) is 19.2 Å². The van der Waals surface area contributed by atoms with Crippen molar-refractivity contribution in [2.24, 2.45) is 5.92 Å². The number of imide groups is 1. The maximum atomic E-state index is 12.5. The summed E-state index contributed by atoms with van der Waals surface area (Å²) in [4.78, 5) is 50.9. The number of carbonyl (C=O) groups excluding carboxylic acids is 3. The maximum absolute atomic E-state index is 12.5. The molecule has 3 amide bonds. The number of piperidine rings is 1. The summed E-state index contributed by atoms with van der Waals surface area (Å²) in [5.74, 6) is -2.45. The smallest absolute Gasteiger partial charge is 0.308 e. The number of nitrogens with zero attached hydrogens (tertiary/aromatic N) is 2. The van der Waals surface area contributed by atoms with Gasteiger partial charge < -0.3 is 10.0 Å². The van der Waals surface area contributed by atoms with E-state index < -0.39 is 11.9 Å². The van der Waals surface area contributed by atoms with Gasteiger partial charge in [-0.1, -0.05) is 12.1 Å². The summed E-state index contributed by atoms with van der Waals surface area (Å²) in [6.07, 6.45) is 1.19. The summed E-state index contributed by atoms with van der Waals surface area (Å²) in [7, 11) is 0. The van der Waals surface area contributed by atoms with Crippen LogP contribution in [-0.2, 0) is 9.59 Å². The van der Waals surface area contributed by atoms with Crippen LogP contribution in [0.4, 0.5) is 0 Å². The molecule has 0 spiro atoms. The van der Waals surface area contributed by atoms with Crippen LogP contribution in [0.5, 0.6) is 0 Å². The molecule has 2 aliphatic heterocycles. The number of carbonyl (C=O) groups is 4. The van der Waals surface area contributed by atoms with Gasteiger partial charge in [-0.2, -0.15) is 0 Å². The quantitative estimate of drug-likeness (QED) is 0.833. The molecule has 1 saturated heterocycles. The van der Waals surface area contributed by atoms with Gasteiger partial charge in [0, 0.05) is 25.6 Å². The fourth-order valence-corrected chi connectivity index (χ4v) is 3.45. The first-order valence-electron chi connectivity index (χ1n) is 8.37. The van der Waals surface area contributed by atoms with Crippen LogP contribution >= 0.6 is 0 Å². The maximum Gasteiger partial charge on any atom is 0.308 e. The van der Waals surface area contributed by atoms with Crippen molar-refractivity contribution in [2.75, 3.05) is 13.1 Å². The molecule has 1 aromatic rings. The van der Waals surface area contributed by atoms with Crippen LogP contribution in [0.1, 0.15) is 46.9 Å². The SMILES string of the molecule is CC1CCC(C(=O)O)CN1C(=O)CCN1C(=O)c2ccccc2C1=O. The van der Waals surface area contributed by atoms with Crippen LogP contribution in [0.15, 0.2) is 24.3 Å². The van der Waals surface area contributed by atoms with Gasteiger partial charge in [0.15, 0.2) is 0 Å². The lowest BCUT2D eigenvalue weighted by Gasteiger charge is -2.36. The Morgan fingerprint density at radius 2 is 1.72 bits per heavy atom. The molecule has 2 aliphatic rings. The highest BCUT2D eigenvalue weighted by Gasteiger charge is 2.36. The fraction of sp³-hybridized carbons (Fsp3) is 0.444. The Bertz CT molecular complexity index is 710. The highest BCUT2D eigenvalue weighted by atomic mass is 16.4. The molecule has 3 rings (SSSR count). The van der Waals surface area contributed by atoms with Crippen molar-refractivity contribution in [1.29, 1.82) is 0 Å². The average Bonchev–Trinajstić information content (AvgIpc) is 2.84. The standard InChI is InChI=1S/C18H20N2O5/c1-11-6-7-12(18(24)25)10-20(11)15(21)8-9-19-16(22)13-4-2-3-5-14(13)17(19)23/h2-5,11-12H,6-10H2,1H3,(H,24,25). The van der Waals surface area contributed by atoms with Crippen LogP contribution in [0.2, 0.25) is 0 Å². The molecule has 0 bridgehead atoms. The molecule has 1 fully saturated rings. The monoisotopic (exact) mass is 344 g/mol. The molecule has 2 heterocycles. The van der Waals surface area contributed by atoms with Gasteiger partial charge in [0.2, 0.25) is 5.91 Å². The molecular weight excluding hydrogens is 324 g/mol. The third kappa shape index (κ3) is 3.14. The van der Waals surface area contributed by atoms with Crippen LogP contribution < -0.4 is 0 Å². The van der Waals surface area contributed by atoms with Gasteiger partial charge in [-0.15, -0.1) is 0 Å². The lowest BCUT2D eigenvalue weighted by Crippen LogP contribution is -2.48. The Morgan fingerprint density at radius 1 is 1.12 bits per heavy atom. The summed E-state index contributed by atoms with van der Waals surface area (Å²) in [6, 6.07) is 6.55. The lowest BCUT2D eigenvalue weighted by atomic mass is 9.93. The number of benzene rings is 1. The van der Waals surface area contributed by atoms with Crippen molar-refractivity contribution in [3.63, 3.8) is 0 Å². The molecule has 132 valence electrons. The summed E-state index contributed by atoms with van der Waals surface area (Å²) in [5.41, 5.74) is 0.717. The topological polar surface area (TPSA) is 95.0 Å². The van der Waals surface area contributed by atoms with Gasteiger partial charge in [-0.3, -0.25) is 24.1 Å². The Labute approximate surface area is 145 Å². The van der Waals surface area contributed by atoms with Gasteiger partial charge in [-0.25, -0.2) is 0 Å². The van der Waals surface area contributed by atoms with Crippen molar-refractivity contribution < 1.29 is 24.3 Å². The largest absolute Gasteiger partial charge is 0.481 e. The minimum atomic E-state index is -0.898. The Kier molecular flexibility index (Phi) is 4.57. The van der Waals surface area contributed by atoms with E-state index in [2.05, 4.69) is 0 Å². The number of hydrogen-bond acceptors (Lipinski definition) is 4. The normalized spacial score (nSPS) is 22.9. The van der Waals surface area contributed by atoms with E-state index in [0.717, 1.165) is 4.90 Å². The van der Waals surface area contributed by atoms with E-state index >= 15 is 0 Å². The molecule has 0 radical (unpaired) electrons. The third-order valence-electron chi connectivity index (χ3n) is 4.98. The molecule has 2 atom stereocenters. The molecule has 1 aromatic carbocycles. The van der Waals surface area contributed by atoms with E-state index in [1.165, 1.54) is 0 Å². The van der Waals surface area contributed by atoms with E-state index in [1.807, 2.05) is 6.92 Å². The number of hydrogen-bond donors (Lipinski definition) is 1. The highest BCUT2D eigenvalue weighted by Crippen LogP contribution is 2.25. The first-order chi connectivity index (χ1) is 11.9. The number of likely N-dealkylation sites (tertiary alicyclic amines) is 1. The van der Waals surface area contributed by atoms with Crippen molar-refractivity contribution >= 4 is 23.7 Å². The summed E-state index contributed by atoms with van der Waals surface area (Å²) < 4.78 is 0. The Morgan fingerprint density at radius 3 is 2.28 bits per heavy atom. The Hall–Kier alpha value is -2.70. The second-order valence-corrected chi connectivity index (χ2v) is 6.57. The van der Waals surface area contributed by atoms with Gasteiger partial charge in [0.1, 0.15) is 0 Å². The molecule has 7 heteroatoms. The number of aliphatic carboxylic acids is 1. The van der Waals surface area contributed by atoms with E-state index in [-0.39, 0.29) is 43.3 Å². The van der Waals surface area contributed by atoms with Crippen LogP contribution in [0.3, 0.4) is 0 Å². The number of carboxylic acids is 1.